The number of nitrogens with one attached hydrogen (secondary N) is 2. The first-order valence-corrected chi connectivity index (χ1v) is 10.8. The molecule has 33 heavy (non-hydrogen) atoms. The van der Waals surface area contributed by atoms with Crippen LogP contribution in [0.4, 0.5) is 17.3 Å². The van der Waals surface area contributed by atoms with Gasteiger partial charge in [-0.05, 0) is 24.3 Å². The molecule has 0 saturated carbocycles. The number of aromatic nitrogens is 4. The normalized spacial score (nSPS) is 16.1. The van der Waals surface area contributed by atoms with E-state index in [0.29, 0.717) is 29.5 Å². The highest BCUT2D eigenvalue weighted by molar-refractivity contribution is 5.95. The Bertz CT molecular complexity index is 1250. The monoisotopic (exact) mass is 443 g/mol. The van der Waals surface area contributed by atoms with Crippen LogP contribution in [-0.2, 0) is 0 Å². The van der Waals surface area contributed by atoms with Gasteiger partial charge in [-0.1, -0.05) is 18.2 Å². The molecule has 9 heteroatoms. The van der Waals surface area contributed by atoms with Crippen LogP contribution in [-0.4, -0.2) is 64.4 Å². The van der Waals surface area contributed by atoms with E-state index < -0.39 is 0 Å². The predicted octanol–water partition coefficient (Wildman–Crippen LogP) is 2.61. The van der Waals surface area contributed by atoms with Gasteiger partial charge in [-0.15, -0.1) is 0 Å². The van der Waals surface area contributed by atoms with Crippen LogP contribution >= 0.6 is 0 Å². The first kappa shape index (κ1) is 21.0. The van der Waals surface area contributed by atoms with Crippen molar-refractivity contribution in [3.05, 3.63) is 61.1 Å². The summed E-state index contributed by atoms with van der Waals surface area (Å²) in [7, 11) is 1.62. The molecule has 1 saturated heterocycles. The topological polar surface area (TPSA) is 108 Å². The number of fused-ring (bicyclic) bond motifs is 1. The molecule has 9 nitrogen and oxygen atoms in total. The number of benzene rings is 1. The second kappa shape index (κ2) is 9.35. The molecule has 1 aliphatic rings. The summed E-state index contributed by atoms with van der Waals surface area (Å²) in [6.07, 6.45) is 5.14. The van der Waals surface area contributed by atoms with Crippen molar-refractivity contribution in [3.63, 3.8) is 0 Å². The van der Waals surface area contributed by atoms with Gasteiger partial charge in [0.05, 0.1) is 37.0 Å². The van der Waals surface area contributed by atoms with Crippen molar-refractivity contribution >= 4 is 28.2 Å². The van der Waals surface area contributed by atoms with E-state index in [1.807, 2.05) is 42.5 Å². The van der Waals surface area contributed by atoms with Crippen molar-refractivity contribution in [1.29, 1.82) is 0 Å². The average Bonchev–Trinajstić information content (AvgIpc) is 2.88. The maximum absolute atomic E-state index is 9.68. The number of aliphatic hydroxyl groups excluding tert-OH is 1. The molecule has 0 unspecified atom stereocenters. The summed E-state index contributed by atoms with van der Waals surface area (Å²) in [5.41, 5.74) is 2.48. The van der Waals surface area contributed by atoms with Gasteiger partial charge in [-0.25, -0.2) is 15.0 Å². The van der Waals surface area contributed by atoms with E-state index in [9.17, 15) is 5.11 Å². The first-order valence-electron chi connectivity index (χ1n) is 10.8. The second-order valence-corrected chi connectivity index (χ2v) is 7.81. The lowest BCUT2D eigenvalue weighted by Gasteiger charge is -2.34. The maximum atomic E-state index is 9.68. The van der Waals surface area contributed by atoms with Crippen LogP contribution in [0.1, 0.15) is 0 Å². The summed E-state index contributed by atoms with van der Waals surface area (Å²) >= 11 is 0. The molecular weight excluding hydrogens is 418 g/mol. The number of para-hydroxylation sites is 1. The van der Waals surface area contributed by atoms with E-state index in [0.717, 1.165) is 35.5 Å². The minimum Gasteiger partial charge on any atom is -0.494 e. The van der Waals surface area contributed by atoms with Gasteiger partial charge in [0.15, 0.2) is 5.82 Å². The SMILES string of the molecule is COc1cncc2nc(-c3ccnc(Nc4ccccc4)c3)nc(N3CCN[C@H](CO)C3)c12. The van der Waals surface area contributed by atoms with Crippen molar-refractivity contribution in [3.8, 4) is 17.1 Å². The smallest absolute Gasteiger partial charge is 0.162 e. The molecule has 0 spiro atoms. The largest absolute Gasteiger partial charge is 0.494 e. The number of pyridine rings is 2. The third-order valence-corrected chi connectivity index (χ3v) is 5.61. The van der Waals surface area contributed by atoms with Gasteiger partial charge >= 0.3 is 0 Å². The first-order chi connectivity index (χ1) is 16.2. The third-order valence-electron chi connectivity index (χ3n) is 5.61. The fourth-order valence-corrected chi connectivity index (χ4v) is 4.00. The number of rotatable bonds is 6. The zero-order chi connectivity index (χ0) is 22.6. The Kier molecular flexibility index (Phi) is 5.97. The maximum Gasteiger partial charge on any atom is 0.162 e. The molecule has 5 rings (SSSR count). The molecule has 3 aromatic heterocycles. The van der Waals surface area contributed by atoms with Crippen LogP contribution in [0.2, 0.25) is 0 Å². The van der Waals surface area contributed by atoms with E-state index >= 15 is 0 Å². The lowest BCUT2D eigenvalue weighted by atomic mass is 10.1. The zero-order valence-electron chi connectivity index (χ0n) is 18.3. The zero-order valence-corrected chi connectivity index (χ0v) is 18.3. The quantitative estimate of drug-likeness (QED) is 0.414. The molecule has 0 amide bonds. The van der Waals surface area contributed by atoms with E-state index in [1.54, 1.807) is 25.7 Å². The van der Waals surface area contributed by atoms with Gasteiger partial charge in [0, 0.05) is 43.1 Å². The lowest BCUT2D eigenvalue weighted by molar-refractivity contribution is 0.235. The Balaban J connectivity index is 1.59. The van der Waals surface area contributed by atoms with Crippen molar-refractivity contribution in [2.75, 3.05) is 43.6 Å². The second-order valence-electron chi connectivity index (χ2n) is 7.81. The summed E-state index contributed by atoms with van der Waals surface area (Å²) in [6, 6.07) is 13.7. The molecular formula is C24H25N7O2. The number of aliphatic hydroxyl groups is 1. The van der Waals surface area contributed by atoms with Crippen LogP contribution < -0.4 is 20.3 Å². The lowest BCUT2D eigenvalue weighted by Crippen LogP contribution is -2.52. The Hall–Kier alpha value is -3.82. The van der Waals surface area contributed by atoms with E-state index in [-0.39, 0.29) is 12.6 Å². The van der Waals surface area contributed by atoms with Gasteiger partial charge in [0.2, 0.25) is 0 Å². The third kappa shape index (κ3) is 4.41. The highest BCUT2D eigenvalue weighted by Crippen LogP contribution is 2.34. The van der Waals surface area contributed by atoms with Crippen molar-refractivity contribution in [2.45, 2.75) is 6.04 Å². The van der Waals surface area contributed by atoms with Crippen LogP contribution in [0.25, 0.3) is 22.3 Å². The van der Waals surface area contributed by atoms with Crippen molar-refractivity contribution < 1.29 is 9.84 Å². The minimum absolute atomic E-state index is 0.0253. The summed E-state index contributed by atoms with van der Waals surface area (Å²) in [5, 5.41) is 17.1. The van der Waals surface area contributed by atoms with Crippen LogP contribution in [0.15, 0.2) is 61.1 Å². The molecule has 0 aliphatic carbocycles. The highest BCUT2D eigenvalue weighted by atomic mass is 16.5. The van der Waals surface area contributed by atoms with Crippen LogP contribution in [0.3, 0.4) is 0 Å². The van der Waals surface area contributed by atoms with Gasteiger partial charge in [-0.2, -0.15) is 0 Å². The number of methoxy groups -OCH3 is 1. The summed E-state index contributed by atoms with van der Waals surface area (Å²) in [5.74, 6) is 2.67. The Morgan fingerprint density at radius 2 is 2.06 bits per heavy atom. The van der Waals surface area contributed by atoms with E-state index in [1.165, 1.54) is 0 Å². The summed E-state index contributed by atoms with van der Waals surface area (Å²) in [6.45, 7) is 2.19. The van der Waals surface area contributed by atoms with Gasteiger partial charge in [0.25, 0.3) is 0 Å². The van der Waals surface area contributed by atoms with E-state index in [2.05, 4.69) is 25.5 Å². The Morgan fingerprint density at radius 1 is 1.18 bits per heavy atom. The summed E-state index contributed by atoms with van der Waals surface area (Å²) < 4.78 is 5.59. The Labute approximate surface area is 191 Å². The molecule has 1 aliphatic heterocycles. The fraction of sp³-hybridized carbons (Fsp3) is 0.250. The fourth-order valence-electron chi connectivity index (χ4n) is 4.00. The molecule has 1 fully saturated rings. The number of hydrogen-bond acceptors (Lipinski definition) is 9. The van der Waals surface area contributed by atoms with Gasteiger partial charge in [0.1, 0.15) is 17.4 Å². The number of hydrogen-bond donors (Lipinski definition) is 3. The Morgan fingerprint density at radius 3 is 2.88 bits per heavy atom. The number of ether oxygens (including phenoxy) is 1. The predicted molar refractivity (Wildman–Crippen MR) is 128 cm³/mol. The highest BCUT2D eigenvalue weighted by Gasteiger charge is 2.24. The molecule has 4 aromatic rings. The number of piperazine rings is 1. The number of nitrogens with zero attached hydrogens (tertiary/aromatic N) is 5. The molecule has 0 radical (unpaired) electrons. The van der Waals surface area contributed by atoms with Crippen molar-refractivity contribution in [2.24, 2.45) is 0 Å². The van der Waals surface area contributed by atoms with Gasteiger partial charge < -0.3 is 25.4 Å². The van der Waals surface area contributed by atoms with Crippen LogP contribution in [0.5, 0.6) is 5.75 Å². The van der Waals surface area contributed by atoms with Gasteiger partial charge in [-0.3, -0.25) is 4.98 Å². The molecule has 0 bridgehead atoms. The standard InChI is InChI=1S/C24H25N7O2/c1-33-20-13-25-12-19-22(20)24(31-10-9-26-18(14-31)15-32)30-23(29-19)16-7-8-27-21(11-16)28-17-5-3-2-4-6-17/h2-8,11-13,18,26,32H,9-10,14-15H2,1H3,(H,27,28)/t18-/m0/s1. The average molecular weight is 444 g/mol. The number of anilines is 3. The molecule has 168 valence electrons. The van der Waals surface area contributed by atoms with Crippen molar-refractivity contribution in [1.82, 2.24) is 25.3 Å². The molecule has 1 atom stereocenters. The van der Waals surface area contributed by atoms with E-state index in [4.69, 9.17) is 14.7 Å². The molecule has 4 heterocycles. The molecule has 1 aromatic carbocycles. The molecule has 3 N–H and O–H groups in total. The van der Waals surface area contributed by atoms with Crippen LogP contribution in [0, 0.1) is 0 Å². The summed E-state index contributed by atoms with van der Waals surface area (Å²) in [4.78, 5) is 20.7. The minimum atomic E-state index is -0.0253.